The molecule has 1 saturated heterocycles. The molecule has 1 fully saturated rings. The van der Waals surface area contributed by atoms with Crippen molar-refractivity contribution in [1.82, 2.24) is 4.90 Å². The summed E-state index contributed by atoms with van der Waals surface area (Å²) in [5.74, 6) is 0.477. The molecule has 2 heterocycles. The second kappa shape index (κ2) is 5.28. The molecule has 0 aromatic carbocycles. The van der Waals surface area contributed by atoms with E-state index in [1.54, 1.807) is 11.3 Å². The van der Waals surface area contributed by atoms with E-state index in [0.29, 0.717) is 13.0 Å². The van der Waals surface area contributed by atoms with Gasteiger partial charge in [-0.1, -0.05) is 6.07 Å². The molecule has 1 atom stereocenters. The van der Waals surface area contributed by atoms with Gasteiger partial charge < -0.3 is 5.73 Å². The van der Waals surface area contributed by atoms with Crippen molar-refractivity contribution in [2.45, 2.75) is 18.4 Å². The predicted octanol–water partition coefficient (Wildman–Crippen LogP) is 0.738. The normalized spacial score (nSPS) is 26.8. The molecule has 1 unspecified atom stereocenters. The molecule has 102 valence electrons. The van der Waals surface area contributed by atoms with Gasteiger partial charge in [0, 0.05) is 23.5 Å². The van der Waals surface area contributed by atoms with E-state index in [9.17, 15) is 8.42 Å². The molecule has 1 aliphatic heterocycles. The Labute approximate surface area is 113 Å². The fourth-order valence-electron chi connectivity index (χ4n) is 2.49. The summed E-state index contributed by atoms with van der Waals surface area (Å²) < 4.78 is 23.3. The molecule has 18 heavy (non-hydrogen) atoms. The molecule has 0 radical (unpaired) electrons. The minimum absolute atomic E-state index is 0.206. The number of thiophene rings is 1. The highest BCUT2D eigenvalue weighted by atomic mass is 32.2. The molecule has 0 spiro atoms. The van der Waals surface area contributed by atoms with Crippen LogP contribution in [0.3, 0.4) is 0 Å². The Morgan fingerprint density at radius 1 is 1.56 bits per heavy atom. The van der Waals surface area contributed by atoms with Gasteiger partial charge in [-0.2, -0.15) is 0 Å². The lowest BCUT2D eigenvalue weighted by atomic mass is 9.97. The molecule has 0 aliphatic carbocycles. The van der Waals surface area contributed by atoms with Gasteiger partial charge in [0.1, 0.15) is 0 Å². The van der Waals surface area contributed by atoms with Crippen LogP contribution in [0.5, 0.6) is 0 Å². The highest BCUT2D eigenvalue weighted by molar-refractivity contribution is 7.91. The zero-order valence-electron chi connectivity index (χ0n) is 10.6. The molecular formula is C12H20N2O2S2. The van der Waals surface area contributed by atoms with Crippen molar-refractivity contribution in [2.24, 2.45) is 5.73 Å². The summed E-state index contributed by atoms with van der Waals surface area (Å²) in [5, 5.41) is 2.06. The molecule has 0 saturated carbocycles. The quantitative estimate of drug-likeness (QED) is 0.868. The third-order valence-corrected chi connectivity index (χ3v) is 6.57. The molecule has 0 bridgehead atoms. The maximum absolute atomic E-state index is 11.7. The number of hydrogen-bond donors (Lipinski definition) is 1. The van der Waals surface area contributed by atoms with Crippen LogP contribution < -0.4 is 5.73 Å². The third-order valence-electron chi connectivity index (χ3n) is 3.83. The van der Waals surface area contributed by atoms with Crippen LogP contribution in [0.25, 0.3) is 0 Å². The predicted molar refractivity (Wildman–Crippen MR) is 75.7 cm³/mol. The first-order chi connectivity index (χ1) is 8.47. The minimum atomic E-state index is -2.90. The van der Waals surface area contributed by atoms with Crippen molar-refractivity contribution in [3.05, 3.63) is 22.4 Å². The minimum Gasteiger partial charge on any atom is -0.329 e. The summed E-state index contributed by atoms with van der Waals surface area (Å²) in [6, 6.07) is 4.15. The van der Waals surface area contributed by atoms with Crippen LogP contribution in [0.15, 0.2) is 17.5 Å². The van der Waals surface area contributed by atoms with Gasteiger partial charge in [0.25, 0.3) is 0 Å². The number of hydrogen-bond acceptors (Lipinski definition) is 5. The van der Waals surface area contributed by atoms with E-state index in [4.69, 9.17) is 5.73 Å². The molecule has 1 aliphatic rings. The molecule has 1 aromatic heterocycles. The van der Waals surface area contributed by atoms with Crippen LogP contribution >= 0.6 is 11.3 Å². The largest absolute Gasteiger partial charge is 0.329 e. The monoisotopic (exact) mass is 288 g/mol. The molecule has 2 N–H and O–H groups in total. The smallest absolute Gasteiger partial charge is 0.152 e. The van der Waals surface area contributed by atoms with Crippen molar-refractivity contribution >= 4 is 21.2 Å². The molecule has 6 heteroatoms. The van der Waals surface area contributed by atoms with E-state index >= 15 is 0 Å². The topological polar surface area (TPSA) is 63.4 Å². The first kappa shape index (κ1) is 14.0. The number of nitrogens with two attached hydrogens (primary N) is 1. The van der Waals surface area contributed by atoms with E-state index in [-0.39, 0.29) is 17.0 Å². The first-order valence-corrected chi connectivity index (χ1v) is 8.82. The van der Waals surface area contributed by atoms with E-state index in [2.05, 4.69) is 16.3 Å². The maximum atomic E-state index is 11.7. The van der Waals surface area contributed by atoms with Crippen molar-refractivity contribution in [3.63, 3.8) is 0 Å². The number of rotatable bonds is 5. The van der Waals surface area contributed by atoms with Crippen LogP contribution in [0.4, 0.5) is 0 Å². The Balaban J connectivity index is 2.00. The molecular weight excluding hydrogens is 268 g/mol. The second-order valence-corrected chi connectivity index (χ2v) is 8.24. The van der Waals surface area contributed by atoms with Crippen molar-refractivity contribution in [2.75, 3.05) is 31.6 Å². The van der Waals surface area contributed by atoms with Crippen LogP contribution in [0, 0.1) is 0 Å². The van der Waals surface area contributed by atoms with E-state index < -0.39 is 9.84 Å². The Morgan fingerprint density at radius 3 is 2.83 bits per heavy atom. The summed E-state index contributed by atoms with van der Waals surface area (Å²) in [5.41, 5.74) is 5.49. The lowest BCUT2D eigenvalue weighted by Crippen LogP contribution is -2.53. The van der Waals surface area contributed by atoms with Crippen molar-refractivity contribution < 1.29 is 8.42 Å². The van der Waals surface area contributed by atoms with Gasteiger partial charge in [0.05, 0.1) is 11.5 Å². The number of likely N-dealkylation sites (N-methyl/N-ethyl adjacent to an activating group) is 1. The number of sulfone groups is 1. The molecule has 1 aromatic rings. The van der Waals surface area contributed by atoms with Gasteiger partial charge in [0.15, 0.2) is 9.84 Å². The van der Waals surface area contributed by atoms with Crippen LogP contribution in [0.1, 0.15) is 11.3 Å². The van der Waals surface area contributed by atoms with E-state index in [0.717, 1.165) is 13.0 Å². The Kier molecular flexibility index (Phi) is 4.11. The van der Waals surface area contributed by atoms with Gasteiger partial charge in [0.2, 0.25) is 0 Å². The maximum Gasteiger partial charge on any atom is 0.152 e. The summed E-state index contributed by atoms with van der Waals surface area (Å²) in [6.45, 7) is 1.26. The highest BCUT2D eigenvalue weighted by Gasteiger charge is 2.43. The van der Waals surface area contributed by atoms with Crippen LogP contribution in [-0.4, -0.2) is 50.5 Å². The Morgan fingerprint density at radius 2 is 2.33 bits per heavy atom. The average Bonchev–Trinajstić information content (AvgIpc) is 2.94. The van der Waals surface area contributed by atoms with E-state index in [1.807, 2.05) is 13.1 Å². The second-order valence-electron chi connectivity index (χ2n) is 5.02. The van der Waals surface area contributed by atoms with Gasteiger partial charge in [-0.05, 0) is 31.3 Å². The van der Waals surface area contributed by atoms with Gasteiger partial charge in [-0.25, -0.2) is 8.42 Å². The molecule has 0 amide bonds. The van der Waals surface area contributed by atoms with E-state index in [1.165, 1.54) is 4.88 Å². The van der Waals surface area contributed by atoms with Crippen molar-refractivity contribution in [1.29, 1.82) is 0 Å². The summed E-state index contributed by atoms with van der Waals surface area (Å²) in [4.78, 5) is 3.46. The average molecular weight is 288 g/mol. The van der Waals surface area contributed by atoms with Crippen LogP contribution in [0.2, 0.25) is 0 Å². The van der Waals surface area contributed by atoms with Crippen molar-refractivity contribution in [3.8, 4) is 0 Å². The van der Waals surface area contributed by atoms with Gasteiger partial charge >= 0.3 is 0 Å². The zero-order chi connectivity index (χ0) is 13.2. The standard InChI is InChI=1S/C12H20N2O2S2/c1-14(6-4-11-3-2-7-17-11)12(9-13)5-8-18(15,16)10-12/h2-3,7H,4-6,8-10,13H2,1H3. The Hall–Kier alpha value is -0.430. The number of nitrogens with zero attached hydrogens (tertiary/aromatic N) is 1. The lowest BCUT2D eigenvalue weighted by Gasteiger charge is -2.36. The third kappa shape index (κ3) is 2.93. The first-order valence-electron chi connectivity index (χ1n) is 6.12. The summed E-state index contributed by atoms with van der Waals surface area (Å²) in [7, 11) is -0.915. The highest BCUT2D eigenvalue weighted by Crippen LogP contribution is 2.28. The Bertz CT molecular complexity index is 484. The molecule has 2 rings (SSSR count). The van der Waals surface area contributed by atoms with Crippen LogP contribution in [-0.2, 0) is 16.3 Å². The van der Waals surface area contributed by atoms with Gasteiger partial charge in [-0.15, -0.1) is 11.3 Å². The SMILES string of the molecule is CN(CCc1cccs1)C1(CN)CCS(=O)(=O)C1. The summed E-state index contributed by atoms with van der Waals surface area (Å²) >= 11 is 1.74. The fourth-order valence-corrected chi connectivity index (χ4v) is 5.32. The van der Waals surface area contributed by atoms with Gasteiger partial charge in [-0.3, -0.25) is 4.90 Å². The summed E-state index contributed by atoms with van der Waals surface area (Å²) in [6.07, 6.45) is 1.61. The molecule has 4 nitrogen and oxygen atoms in total. The lowest BCUT2D eigenvalue weighted by molar-refractivity contribution is 0.153. The fraction of sp³-hybridized carbons (Fsp3) is 0.667. The zero-order valence-corrected chi connectivity index (χ0v) is 12.3.